The van der Waals surface area contributed by atoms with E-state index in [-0.39, 0.29) is 24.2 Å². The Balaban J connectivity index is 2.19. The molecule has 1 amide bonds. The van der Waals surface area contributed by atoms with Crippen LogP contribution in [-0.4, -0.2) is 43.0 Å². The van der Waals surface area contributed by atoms with Gasteiger partial charge in [0.25, 0.3) is 11.9 Å². The standard InChI is InChI=1S/C12H10F4N2O3/c1-18-9(19)6-20-11(18)17-7-3-2-4-8(5-7)21-12(15,16)10(13)14/h2-5,10H,6H2,1H3. The minimum atomic E-state index is -4.59. The highest BCUT2D eigenvalue weighted by molar-refractivity contribution is 6.00. The Bertz CT molecular complexity index is 577. The van der Waals surface area contributed by atoms with Gasteiger partial charge in [0.05, 0.1) is 5.69 Å². The van der Waals surface area contributed by atoms with Crippen LogP contribution in [0.5, 0.6) is 5.75 Å². The zero-order valence-electron chi connectivity index (χ0n) is 10.7. The number of rotatable bonds is 4. The largest absolute Gasteiger partial charge is 0.461 e. The van der Waals surface area contributed by atoms with Gasteiger partial charge in [-0.15, -0.1) is 0 Å². The first-order valence-corrected chi connectivity index (χ1v) is 5.72. The number of hydrogen-bond donors (Lipinski definition) is 0. The maximum Gasteiger partial charge on any atom is 0.461 e. The number of likely N-dealkylation sites (N-methyl/N-ethyl adjacent to an activating group) is 1. The van der Waals surface area contributed by atoms with Gasteiger partial charge in [0.2, 0.25) is 0 Å². The highest BCUT2D eigenvalue weighted by Crippen LogP contribution is 2.29. The van der Waals surface area contributed by atoms with Crippen molar-refractivity contribution < 1.29 is 31.8 Å². The molecule has 21 heavy (non-hydrogen) atoms. The lowest BCUT2D eigenvalue weighted by atomic mass is 10.3. The summed E-state index contributed by atoms with van der Waals surface area (Å²) in [6, 6.07) is 4.82. The number of carbonyl (C=O) groups excluding carboxylic acids is 1. The van der Waals surface area contributed by atoms with E-state index in [1.165, 1.54) is 19.2 Å². The van der Waals surface area contributed by atoms with Gasteiger partial charge >= 0.3 is 12.5 Å². The molecule has 1 aromatic carbocycles. The summed E-state index contributed by atoms with van der Waals surface area (Å²) in [7, 11) is 1.43. The van der Waals surface area contributed by atoms with Crippen LogP contribution in [0.2, 0.25) is 0 Å². The van der Waals surface area contributed by atoms with E-state index >= 15 is 0 Å². The third kappa shape index (κ3) is 3.41. The molecule has 1 aliphatic heterocycles. The molecular formula is C12H10F4N2O3. The monoisotopic (exact) mass is 306 g/mol. The van der Waals surface area contributed by atoms with Crippen LogP contribution in [-0.2, 0) is 9.53 Å². The molecule has 0 unspecified atom stereocenters. The molecule has 0 spiro atoms. The number of aliphatic imine (C=N–C) groups is 1. The number of amides is 1. The fourth-order valence-corrected chi connectivity index (χ4v) is 1.46. The molecule has 0 radical (unpaired) electrons. The lowest BCUT2D eigenvalue weighted by Crippen LogP contribution is -2.33. The number of nitrogens with zero attached hydrogens (tertiary/aromatic N) is 2. The van der Waals surface area contributed by atoms with Gasteiger partial charge in [0, 0.05) is 13.1 Å². The number of carbonyl (C=O) groups is 1. The second-order valence-corrected chi connectivity index (χ2v) is 4.10. The van der Waals surface area contributed by atoms with Gasteiger partial charge in [0.15, 0.2) is 6.61 Å². The first-order valence-electron chi connectivity index (χ1n) is 5.72. The fourth-order valence-electron chi connectivity index (χ4n) is 1.46. The van der Waals surface area contributed by atoms with Crippen molar-refractivity contribution in [2.24, 2.45) is 4.99 Å². The molecule has 0 saturated carbocycles. The molecule has 0 aromatic heterocycles. The van der Waals surface area contributed by atoms with Crippen molar-refractivity contribution in [2.45, 2.75) is 12.5 Å². The van der Waals surface area contributed by atoms with E-state index in [1.807, 2.05) is 0 Å². The number of amidine groups is 1. The van der Waals surface area contributed by atoms with Gasteiger partial charge in [-0.1, -0.05) is 6.07 Å². The van der Waals surface area contributed by atoms with Gasteiger partial charge in [0.1, 0.15) is 5.75 Å². The van der Waals surface area contributed by atoms with Crippen molar-refractivity contribution in [1.29, 1.82) is 0 Å². The number of benzene rings is 1. The predicted molar refractivity (Wildman–Crippen MR) is 63.8 cm³/mol. The van der Waals surface area contributed by atoms with Crippen LogP contribution < -0.4 is 4.74 Å². The topological polar surface area (TPSA) is 51.1 Å². The number of hydrogen-bond acceptors (Lipinski definition) is 4. The van der Waals surface area contributed by atoms with E-state index in [4.69, 9.17) is 4.74 Å². The van der Waals surface area contributed by atoms with Gasteiger partial charge < -0.3 is 9.47 Å². The Morgan fingerprint density at radius 1 is 1.43 bits per heavy atom. The molecule has 0 aliphatic carbocycles. The average molecular weight is 306 g/mol. The Hall–Kier alpha value is -2.32. The molecule has 0 bridgehead atoms. The van der Waals surface area contributed by atoms with E-state index in [1.54, 1.807) is 0 Å². The Morgan fingerprint density at radius 2 is 2.14 bits per heavy atom. The second kappa shape index (κ2) is 5.58. The molecular weight excluding hydrogens is 296 g/mol. The van der Waals surface area contributed by atoms with Crippen molar-refractivity contribution in [1.82, 2.24) is 4.90 Å². The summed E-state index contributed by atoms with van der Waals surface area (Å²) >= 11 is 0. The number of halogens is 4. The summed E-state index contributed by atoms with van der Waals surface area (Å²) < 4.78 is 58.6. The Kier molecular flexibility index (Phi) is 4.01. The quantitative estimate of drug-likeness (QED) is 0.803. The van der Waals surface area contributed by atoms with Crippen LogP contribution >= 0.6 is 0 Å². The summed E-state index contributed by atoms with van der Waals surface area (Å²) in [5.74, 6) is -0.792. The average Bonchev–Trinajstić information content (AvgIpc) is 2.70. The molecule has 1 aliphatic rings. The van der Waals surface area contributed by atoms with Gasteiger partial charge in [-0.2, -0.15) is 22.6 Å². The minimum absolute atomic E-state index is 0.0160. The molecule has 1 heterocycles. The summed E-state index contributed by atoms with van der Waals surface area (Å²) in [4.78, 5) is 16.3. The molecule has 1 aromatic rings. The van der Waals surface area contributed by atoms with Crippen molar-refractivity contribution in [3.63, 3.8) is 0 Å². The number of alkyl halides is 4. The van der Waals surface area contributed by atoms with E-state index in [0.717, 1.165) is 17.0 Å². The Morgan fingerprint density at radius 3 is 2.71 bits per heavy atom. The second-order valence-electron chi connectivity index (χ2n) is 4.10. The van der Waals surface area contributed by atoms with Crippen molar-refractivity contribution in [3.05, 3.63) is 24.3 Å². The van der Waals surface area contributed by atoms with Crippen LogP contribution in [0.15, 0.2) is 29.3 Å². The molecule has 5 nitrogen and oxygen atoms in total. The highest BCUT2D eigenvalue weighted by atomic mass is 19.3. The van der Waals surface area contributed by atoms with Crippen LogP contribution in [0.4, 0.5) is 23.2 Å². The normalized spacial score (nSPS) is 17.5. The van der Waals surface area contributed by atoms with E-state index in [0.29, 0.717) is 0 Å². The maximum atomic E-state index is 12.8. The van der Waals surface area contributed by atoms with Crippen LogP contribution in [0.1, 0.15) is 0 Å². The number of ether oxygens (including phenoxy) is 2. The summed E-state index contributed by atoms with van der Waals surface area (Å²) in [5, 5.41) is 0. The lowest BCUT2D eigenvalue weighted by molar-refractivity contribution is -0.253. The smallest absolute Gasteiger partial charge is 0.454 e. The first-order chi connectivity index (χ1) is 9.79. The molecule has 2 rings (SSSR count). The molecule has 0 N–H and O–H groups in total. The zero-order chi connectivity index (χ0) is 15.6. The third-order valence-corrected chi connectivity index (χ3v) is 2.54. The minimum Gasteiger partial charge on any atom is -0.454 e. The molecule has 1 fully saturated rings. The van der Waals surface area contributed by atoms with Crippen molar-refractivity contribution >= 4 is 17.6 Å². The van der Waals surface area contributed by atoms with Gasteiger partial charge in [-0.3, -0.25) is 9.69 Å². The van der Waals surface area contributed by atoms with Gasteiger partial charge in [-0.25, -0.2) is 0 Å². The predicted octanol–water partition coefficient (Wildman–Crippen LogP) is 2.40. The lowest BCUT2D eigenvalue weighted by Gasteiger charge is -2.16. The first kappa shape index (κ1) is 15.1. The van der Waals surface area contributed by atoms with Crippen LogP contribution in [0.3, 0.4) is 0 Å². The molecule has 9 heteroatoms. The van der Waals surface area contributed by atoms with Crippen molar-refractivity contribution in [2.75, 3.05) is 13.7 Å². The molecule has 1 saturated heterocycles. The summed E-state index contributed by atoms with van der Waals surface area (Å²) in [6.45, 7) is -0.172. The summed E-state index contributed by atoms with van der Waals surface area (Å²) in [6.07, 6.45) is -8.54. The summed E-state index contributed by atoms with van der Waals surface area (Å²) in [5.41, 5.74) is 0.120. The zero-order valence-corrected chi connectivity index (χ0v) is 10.7. The van der Waals surface area contributed by atoms with E-state index in [2.05, 4.69) is 9.73 Å². The third-order valence-electron chi connectivity index (χ3n) is 2.54. The SMILES string of the molecule is CN1C(=O)COC1=Nc1cccc(OC(F)(F)C(F)F)c1. The van der Waals surface area contributed by atoms with Crippen LogP contribution in [0.25, 0.3) is 0 Å². The van der Waals surface area contributed by atoms with E-state index in [9.17, 15) is 22.4 Å². The Labute approximate surface area is 116 Å². The van der Waals surface area contributed by atoms with Crippen molar-refractivity contribution in [3.8, 4) is 5.75 Å². The van der Waals surface area contributed by atoms with Gasteiger partial charge in [-0.05, 0) is 12.1 Å². The van der Waals surface area contributed by atoms with Crippen LogP contribution in [0, 0.1) is 0 Å². The van der Waals surface area contributed by atoms with E-state index < -0.39 is 18.3 Å². The molecule has 114 valence electrons. The fraction of sp³-hybridized carbons (Fsp3) is 0.333. The highest BCUT2D eigenvalue weighted by Gasteiger charge is 2.44. The molecule has 0 atom stereocenters. The maximum absolute atomic E-state index is 12.8.